The Labute approximate surface area is 210 Å². The van der Waals surface area contributed by atoms with Gasteiger partial charge in [0.25, 0.3) is 0 Å². The van der Waals surface area contributed by atoms with Crippen LogP contribution in [0.2, 0.25) is 0 Å². The number of hydrogen-bond donors (Lipinski definition) is 2. The molecule has 8 heteroatoms. The van der Waals surface area contributed by atoms with Crippen LogP contribution in [0, 0.1) is 5.92 Å². The molecule has 0 spiro atoms. The van der Waals surface area contributed by atoms with Crippen molar-refractivity contribution in [3.63, 3.8) is 0 Å². The fourth-order valence-electron chi connectivity index (χ4n) is 4.05. The fourth-order valence-corrected chi connectivity index (χ4v) is 4.05. The van der Waals surface area contributed by atoms with Gasteiger partial charge in [0.2, 0.25) is 12.3 Å². The Morgan fingerprint density at radius 2 is 1.77 bits per heavy atom. The second-order valence-electron chi connectivity index (χ2n) is 9.14. The summed E-state index contributed by atoms with van der Waals surface area (Å²) in [5, 5.41) is 2.29. The van der Waals surface area contributed by atoms with E-state index in [2.05, 4.69) is 31.3 Å². The topological polar surface area (TPSA) is 125 Å². The van der Waals surface area contributed by atoms with Gasteiger partial charge in [-0.1, -0.05) is 76.7 Å². The van der Waals surface area contributed by atoms with Gasteiger partial charge in [-0.25, -0.2) is 4.79 Å². The molecule has 1 fully saturated rings. The molecule has 0 bridgehead atoms. The van der Waals surface area contributed by atoms with Gasteiger partial charge in [-0.05, 0) is 25.7 Å². The number of primary amides is 1. The molecule has 0 aliphatic carbocycles. The van der Waals surface area contributed by atoms with Crippen molar-refractivity contribution >= 4 is 24.3 Å². The van der Waals surface area contributed by atoms with Crippen LogP contribution in [0.25, 0.3) is 0 Å². The summed E-state index contributed by atoms with van der Waals surface area (Å²) in [6.07, 6.45) is 18.7. The molecule has 0 aromatic carbocycles. The van der Waals surface area contributed by atoms with Crippen molar-refractivity contribution < 1.29 is 28.7 Å². The summed E-state index contributed by atoms with van der Waals surface area (Å²) in [6, 6.07) is -1.14. The van der Waals surface area contributed by atoms with Crippen molar-refractivity contribution in [2.24, 2.45) is 11.7 Å². The first-order valence-electron chi connectivity index (χ1n) is 13.1. The Bertz CT molecular complexity index is 706. The van der Waals surface area contributed by atoms with Crippen molar-refractivity contribution in [2.45, 2.75) is 116 Å². The largest absolute Gasteiger partial charge is 0.461 e. The van der Waals surface area contributed by atoms with Crippen molar-refractivity contribution in [1.82, 2.24) is 5.32 Å². The quantitative estimate of drug-likeness (QED) is 0.107. The average molecular weight is 493 g/mol. The first kappa shape index (κ1) is 30.4. The number of amides is 2. The van der Waals surface area contributed by atoms with Gasteiger partial charge in [-0.2, -0.15) is 0 Å². The number of nitrogens with two attached hydrogens (primary N) is 1. The summed E-state index contributed by atoms with van der Waals surface area (Å²) in [5.41, 5.74) is 5.19. The Hall–Kier alpha value is -2.64. The number of ether oxygens (including phenoxy) is 2. The summed E-state index contributed by atoms with van der Waals surface area (Å²) in [5.74, 6) is -1.83. The van der Waals surface area contributed by atoms with Crippen LogP contribution < -0.4 is 11.1 Å². The number of carbonyl (C=O) groups excluding carboxylic acids is 4. The third-order valence-electron chi connectivity index (χ3n) is 6.10. The number of rotatable bonds is 21. The van der Waals surface area contributed by atoms with Gasteiger partial charge < -0.3 is 20.5 Å². The van der Waals surface area contributed by atoms with E-state index in [0.717, 1.165) is 44.9 Å². The van der Waals surface area contributed by atoms with Crippen LogP contribution in [0.5, 0.6) is 0 Å². The van der Waals surface area contributed by atoms with E-state index in [1.807, 2.05) is 12.2 Å². The standard InChI is InChI=1S/C27H44N2O6/c1-3-5-7-9-10-11-12-13-14-16-21(34-27(33)23(29-20-30)19-25(28)31)18-24-22(26(32)35-24)17-15-8-6-4-2/h10-11,13-14,20-24H,3-9,12,15-19H2,1-2H3,(H2,28,31)(H,29,30)/b11-10-,14-13-/t21-,22-,23-,24-/m0/s1. The zero-order valence-corrected chi connectivity index (χ0v) is 21.4. The first-order chi connectivity index (χ1) is 16.9. The Kier molecular flexibility index (Phi) is 16.2. The molecule has 1 rings (SSSR count). The lowest BCUT2D eigenvalue weighted by atomic mass is 9.87. The number of carbonyl (C=O) groups is 4. The summed E-state index contributed by atoms with van der Waals surface area (Å²) in [4.78, 5) is 46.7. The van der Waals surface area contributed by atoms with E-state index < -0.39 is 24.0 Å². The molecular weight excluding hydrogens is 448 g/mol. The molecule has 35 heavy (non-hydrogen) atoms. The van der Waals surface area contributed by atoms with E-state index in [1.165, 1.54) is 19.3 Å². The minimum Gasteiger partial charge on any atom is -0.461 e. The van der Waals surface area contributed by atoms with Gasteiger partial charge in [0.15, 0.2) is 0 Å². The van der Waals surface area contributed by atoms with Crippen LogP contribution in [-0.4, -0.2) is 42.5 Å². The summed E-state index contributed by atoms with van der Waals surface area (Å²) < 4.78 is 11.0. The van der Waals surface area contributed by atoms with E-state index in [4.69, 9.17) is 15.2 Å². The van der Waals surface area contributed by atoms with E-state index >= 15 is 0 Å². The molecule has 1 saturated heterocycles. The molecule has 0 radical (unpaired) electrons. The lowest BCUT2D eigenvalue weighted by molar-refractivity contribution is -0.190. The normalized spacial score (nSPS) is 19.2. The smallest absolute Gasteiger partial charge is 0.329 e. The predicted molar refractivity (Wildman–Crippen MR) is 135 cm³/mol. The second-order valence-corrected chi connectivity index (χ2v) is 9.14. The molecule has 0 saturated carbocycles. The summed E-state index contributed by atoms with van der Waals surface area (Å²) >= 11 is 0. The maximum atomic E-state index is 12.6. The number of unbranched alkanes of at least 4 members (excludes halogenated alkanes) is 6. The van der Waals surface area contributed by atoms with E-state index in [9.17, 15) is 19.2 Å². The third kappa shape index (κ3) is 13.1. The molecule has 2 amide bonds. The van der Waals surface area contributed by atoms with E-state index in [1.54, 1.807) is 0 Å². The predicted octanol–water partition coefficient (Wildman–Crippen LogP) is 4.26. The lowest BCUT2D eigenvalue weighted by Crippen LogP contribution is -2.48. The number of esters is 2. The highest BCUT2D eigenvalue weighted by molar-refractivity contribution is 5.86. The second kappa shape index (κ2) is 18.7. The average Bonchev–Trinajstić information content (AvgIpc) is 2.81. The molecule has 8 nitrogen and oxygen atoms in total. The van der Waals surface area contributed by atoms with Crippen LogP contribution in [0.3, 0.4) is 0 Å². The van der Waals surface area contributed by atoms with Crippen molar-refractivity contribution in [2.75, 3.05) is 0 Å². The SMILES string of the molecule is CCCCC/C=C\C/C=C\C[C@@H](C[C@@H]1OC(=O)[C@H]1CCCCCC)OC(=O)[C@H](CC(N)=O)NC=O. The zero-order chi connectivity index (χ0) is 25.9. The van der Waals surface area contributed by atoms with Gasteiger partial charge in [0.05, 0.1) is 12.3 Å². The highest BCUT2D eigenvalue weighted by Crippen LogP contribution is 2.32. The van der Waals surface area contributed by atoms with Crippen LogP contribution in [0.4, 0.5) is 0 Å². The Morgan fingerprint density at radius 1 is 1.06 bits per heavy atom. The maximum absolute atomic E-state index is 12.6. The number of allylic oxidation sites excluding steroid dienone is 3. The third-order valence-corrected chi connectivity index (χ3v) is 6.10. The highest BCUT2D eigenvalue weighted by atomic mass is 16.6. The monoisotopic (exact) mass is 492 g/mol. The van der Waals surface area contributed by atoms with E-state index in [-0.39, 0.29) is 24.4 Å². The Morgan fingerprint density at radius 3 is 2.43 bits per heavy atom. The van der Waals surface area contributed by atoms with Crippen molar-refractivity contribution in [3.05, 3.63) is 24.3 Å². The molecule has 4 atom stereocenters. The van der Waals surface area contributed by atoms with Gasteiger partial charge in [-0.15, -0.1) is 0 Å². The van der Waals surface area contributed by atoms with Crippen LogP contribution in [-0.2, 0) is 28.7 Å². The van der Waals surface area contributed by atoms with Gasteiger partial charge in [-0.3, -0.25) is 14.4 Å². The summed E-state index contributed by atoms with van der Waals surface area (Å²) in [6.45, 7) is 4.32. The van der Waals surface area contributed by atoms with Crippen molar-refractivity contribution in [1.29, 1.82) is 0 Å². The first-order valence-corrected chi connectivity index (χ1v) is 13.1. The van der Waals surface area contributed by atoms with Crippen LogP contribution in [0.15, 0.2) is 24.3 Å². The highest BCUT2D eigenvalue weighted by Gasteiger charge is 2.43. The summed E-state index contributed by atoms with van der Waals surface area (Å²) in [7, 11) is 0. The lowest BCUT2D eigenvalue weighted by Gasteiger charge is -2.37. The minimum absolute atomic E-state index is 0.183. The molecule has 0 aromatic rings. The number of hydrogen-bond acceptors (Lipinski definition) is 6. The van der Waals surface area contributed by atoms with Crippen molar-refractivity contribution in [3.8, 4) is 0 Å². The van der Waals surface area contributed by atoms with Gasteiger partial charge in [0, 0.05) is 12.8 Å². The number of cyclic esters (lactones) is 1. The molecule has 198 valence electrons. The molecule has 0 unspecified atom stereocenters. The molecule has 0 aromatic heterocycles. The molecule has 1 heterocycles. The maximum Gasteiger partial charge on any atom is 0.329 e. The fraction of sp³-hybridized carbons (Fsp3) is 0.704. The molecule has 3 N–H and O–H groups in total. The molecular formula is C27H44N2O6. The Balaban J connectivity index is 2.70. The van der Waals surface area contributed by atoms with E-state index in [0.29, 0.717) is 19.3 Å². The van der Waals surface area contributed by atoms with Crippen LogP contribution in [0.1, 0.15) is 97.3 Å². The van der Waals surface area contributed by atoms with Gasteiger partial charge in [0.1, 0.15) is 18.2 Å². The molecule has 1 aliphatic heterocycles. The molecule has 1 aliphatic rings. The zero-order valence-electron chi connectivity index (χ0n) is 21.4. The van der Waals surface area contributed by atoms with Gasteiger partial charge >= 0.3 is 11.9 Å². The number of nitrogens with one attached hydrogen (secondary N) is 1. The van der Waals surface area contributed by atoms with Crippen LogP contribution >= 0.6 is 0 Å². The minimum atomic E-state index is -1.14.